The van der Waals surface area contributed by atoms with E-state index in [2.05, 4.69) is 36.0 Å². The van der Waals surface area contributed by atoms with E-state index in [1.807, 2.05) is 12.1 Å². The van der Waals surface area contributed by atoms with Gasteiger partial charge in [-0.1, -0.05) is 42.8 Å². The van der Waals surface area contributed by atoms with Crippen molar-refractivity contribution in [2.45, 2.75) is 81.3 Å². The Morgan fingerprint density at radius 2 is 2.15 bits per heavy atom. The standard InChI is InChI=1S/C26H36Cl2O4S/c1-17-14-15-26(17,23-12-13-24(28)33-23)22(30)10-7-9-19-18(20(27)16-21(19)29)8-5-3-4-6-11-25(31)32-2/h3,5,7,9,12-13,17-22,29-30H,4,6,8,10-11,14-16H2,1-2H3/t17?,18-,19-,20?,21-,22?,26?/m1/s1. The lowest BCUT2D eigenvalue weighted by atomic mass is 9.56. The van der Waals surface area contributed by atoms with Gasteiger partial charge in [-0.25, -0.2) is 0 Å². The SMILES string of the molecule is COC(=O)CCCC=CC[C@H]1C(Cl)C[C@@H](O)[C@@H]1C=CCC(O)C1(c2ccc(Cl)s2)CCC1C. The molecule has 0 aromatic carbocycles. The van der Waals surface area contributed by atoms with Gasteiger partial charge in [-0.05, 0) is 68.9 Å². The van der Waals surface area contributed by atoms with Crippen LogP contribution in [-0.4, -0.2) is 40.9 Å². The van der Waals surface area contributed by atoms with Crippen LogP contribution in [0, 0.1) is 17.8 Å². The second-order valence-electron chi connectivity index (χ2n) is 9.50. The number of hydrogen-bond acceptors (Lipinski definition) is 5. The van der Waals surface area contributed by atoms with Crippen molar-refractivity contribution in [2.75, 3.05) is 7.11 Å². The summed E-state index contributed by atoms with van der Waals surface area (Å²) in [6.45, 7) is 2.20. The molecule has 33 heavy (non-hydrogen) atoms. The number of aliphatic hydroxyl groups excluding tert-OH is 2. The Bertz CT molecular complexity index is 838. The van der Waals surface area contributed by atoms with Gasteiger partial charge in [0.1, 0.15) is 0 Å². The van der Waals surface area contributed by atoms with E-state index in [9.17, 15) is 15.0 Å². The molecule has 1 heterocycles. The molecule has 0 aliphatic heterocycles. The molecular weight excluding hydrogens is 479 g/mol. The predicted octanol–water partition coefficient (Wildman–Crippen LogP) is 6.27. The van der Waals surface area contributed by atoms with Crippen LogP contribution < -0.4 is 0 Å². The zero-order chi connectivity index (χ0) is 24.0. The second kappa shape index (κ2) is 12.2. The molecule has 0 bridgehead atoms. The molecule has 0 radical (unpaired) electrons. The van der Waals surface area contributed by atoms with Crippen molar-refractivity contribution >= 4 is 40.5 Å². The van der Waals surface area contributed by atoms with Gasteiger partial charge in [-0.3, -0.25) is 4.79 Å². The van der Waals surface area contributed by atoms with Gasteiger partial charge in [0.25, 0.3) is 0 Å². The predicted molar refractivity (Wildman–Crippen MR) is 136 cm³/mol. The van der Waals surface area contributed by atoms with Gasteiger partial charge in [-0.15, -0.1) is 22.9 Å². The van der Waals surface area contributed by atoms with Gasteiger partial charge in [0.2, 0.25) is 0 Å². The summed E-state index contributed by atoms with van der Waals surface area (Å²) in [4.78, 5) is 12.4. The lowest BCUT2D eigenvalue weighted by Crippen LogP contribution is -2.51. The monoisotopic (exact) mass is 514 g/mol. The Balaban J connectivity index is 1.56. The minimum Gasteiger partial charge on any atom is -0.469 e. The Morgan fingerprint density at radius 1 is 1.36 bits per heavy atom. The highest BCUT2D eigenvalue weighted by atomic mass is 35.5. The summed E-state index contributed by atoms with van der Waals surface area (Å²) < 4.78 is 5.42. The fraction of sp³-hybridized carbons (Fsp3) is 0.654. The van der Waals surface area contributed by atoms with Crippen molar-refractivity contribution in [1.82, 2.24) is 0 Å². The summed E-state index contributed by atoms with van der Waals surface area (Å²) >= 11 is 14.3. The molecule has 2 fully saturated rings. The van der Waals surface area contributed by atoms with Crippen molar-refractivity contribution in [3.8, 4) is 0 Å². The number of unbranched alkanes of at least 4 members (excludes halogenated alkanes) is 1. The summed E-state index contributed by atoms with van der Waals surface area (Å²) in [5.74, 6) is 0.359. The lowest BCUT2D eigenvalue weighted by Gasteiger charge is -2.50. The molecular formula is C26H36Cl2O4S. The van der Waals surface area contributed by atoms with Crippen LogP contribution >= 0.6 is 34.5 Å². The van der Waals surface area contributed by atoms with E-state index in [-0.39, 0.29) is 28.6 Å². The third-order valence-corrected chi connectivity index (χ3v) is 9.57. The molecule has 1 aromatic heterocycles. The van der Waals surface area contributed by atoms with Crippen LogP contribution in [0.5, 0.6) is 0 Å². The molecule has 184 valence electrons. The molecule has 2 aliphatic carbocycles. The minimum atomic E-state index is -0.481. The number of halogens is 2. The van der Waals surface area contributed by atoms with Gasteiger partial charge >= 0.3 is 5.97 Å². The Kier molecular flexibility index (Phi) is 9.90. The molecule has 0 amide bonds. The zero-order valence-electron chi connectivity index (χ0n) is 19.5. The van der Waals surface area contributed by atoms with E-state index in [0.717, 1.165) is 36.4 Å². The first-order valence-electron chi connectivity index (χ1n) is 11.9. The zero-order valence-corrected chi connectivity index (χ0v) is 21.8. The topological polar surface area (TPSA) is 66.8 Å². The molecule has 1 aromatic rings. The molecule has 0 spiro atoms. The van der Waals surface area contributed by atoms with E-state index in [4.69, 9.17) is 23.2 Å². The number of esters is 1. The van der Waals surface area contributed by atoms with Crippen molar-refractivity contribution in [3.05, 3.63) is 45.7 Å². The van der Waals surface area contributed by atoms with Crippen LogP contribution in [0.25, 0.3) is 0 Å². The summed E-state index contributed by atoms with van der Waals surface area (Å²) in [6.07, 6.45) is 13.3. The maximum atomic E-state index is 11.2. The molecule has 4 unspecified atom stereocenters. The highest BCUT2D eigenvalue weighted by Gasteiger charge is 2.51. The molecule has 2 aliphatic rings. The van der Waals surface area contributed by atoms with Crippen molar-refractivity contribution in [2.24, 2.45) is 17.8 Å². The first kappa shape index (κ1) is 26.7. The first-order chi connectivity index (χ1) is 15.8. The third-order valence-electron chi connectivity index (χ3n) is 7.64. The molecule has 7 heteroatoms. The number of aliphatic hydroxyl groups is 2. The van der Waals surface area contributed by atoms with Crippen LogP contribution in [0.2, 0.25) is 4.34 Å². The van der Waals surface area contributed by atoms with Crippen LogP contribution in [0.1, 0.15) is 63.2 Å². The number of ether oxygens (including phenoxy) is 1. The minimum absolute atomic E-state index is 0.0228. The fourth-order valence-electron chi connectivity index (χ4n) is 5.41. The van der Waals surface area contributed by atoms with E-state index in [1.54, 1.807) is 11.3 Å². The number of alkyl halides is 1. The average molecular weight is 516 g/mol. The number of carbonyl (C=O) groups is 1. The van der Waals surface area contributed by atoms with E-state index >= 15 is 0 Å². The number of rotatable bonds is 11. The number of methoxy groups -OCH3 is 1. The van der Waals surface area contributed by atoms with Crippen LogP contribution in [-0.2, 0) is 14.9 Å². The highest BCUT2D eigenvalue weighted by Crippen LogP contribution is 2.54. The summed E-state index contributed by atoms with van der Waals surface area (Å²) in [5, 5.41) is 21.7. The van der Waals surface area contributed by atoms with E-state index in [0.29, 0.717) is 25.2 Å². The smallest absolute Gasteiger partial charge is 0.305 e. The molecule has 2 N–H and O–H groups in total. The fourth-order valence-corrected chi connectivity index (χ4v) is 7.29. The Morgan fingerprint density at radius 3 is 2.76 bits per heavy atom. The Labute approximate surface area is 211 Å². The summed E-state index contributed by atoms with van der Waals surface area (Å²) in [5.41, 5.74) is -0.224. The summed E-state index contributed by atoms with van der Waals surface area (Å²) in [7, 11) is 1.40. The summed E-state index contributed by atoms with van der Waals surface area (Å²) in [6, 6.07) is 3.97. The normalized spacial score (nSPS) is 33.0. The Hall–Kier alpha value is -0.850. The quantitative estimate of drug-likeness (QED) is 0.158. The molecule has 2 saturated carbocycles. The van der Waals surface area contributed by atoms with Gasteiger partial charge in [0.05, 0.1) is 23.7 Å². The van der Waals surface area contributed by atoms with E-state index < -0.39 is 12.2 Å². The van der Waals surface area contributed by atoms with Gasteiger partial charge in [0, 0.05) is 28.0 Å². The lowest BCUT2D eigenvalue weighted by molar-refractivity contribution is -0.140. The van der Waals surface area contributed by atoms with Gasteiger partial charge in [0.15, 0.2) is 0 Å². The third kappa shape index (κ3) is 6.24. The molecule has 4 nitrogen and oxygen atoms in total. The van der Waals surface area contributed by atoms with E-state index in [1.165, 1.54) is 12.0 Å². The van der Waals surface area contributed by atoms with Gasteiger partial charge < -0.3 is 14.9 Å². The molecule has 3 rings (SSSR count). The second-order valence-corrected chi connectivity index (χ2v) is 11.8. The van der Waals surface area contributed by atoms with Crippen LogP contribution in [0.3, 0.4) is 0 Å². The van der Waals surface area contributed by atoms with Crippen molar-refractivity contribution < 1.29 is 19.7 Å². The number of hydrogen-bond donors (Lipinski definition) is 2. The highest BCUT2D eigenvalue weighted by molar-refractivity contribution is 7.16. The van der Waals surface area contributed by atoms with Crippen LogP contribution in [0.4, 0.5) is 0 Å². The van der Waals surface area contributed by atoms with Gasteiger partial charge in [-0.2, -0.15) is 0 Å². The largest absolute Gasteiger partial charge is 0.469 e. The number of thiophene rings is 1. The first-order valence-corrected chi connectivity index (χ1v) is 13.6. The molecule has 7 atom stereocenters. The number of carbonyl (C=O) groups excluding carboxylic acids is 1. The van der Waals surface area contributed by atoms with Crippen LogP contribution in [0.15, 0.2) is 36.4 Å². The van der Waals surface area contributed by atoms with Crippen molar-refractivity contribution in [1.29, 1.82) is 0 Å². The number of allylic oxidation sites excluding steroid dienone is 2. The maximum absolute atomic E-state index is 11.2. The van der Waals surface area contributed by atoms with Crippen molar-refractivity contribution in [3.63, 3.8) is 0 Å². The molecule has 0 saturated heterocycles. The average Bonchev–Trinajstić information content (AvgIpc) is 3.32. The maximum Gasteiger partial charge on any atom is 0.305 e.